The van der Waals surface area contributed by atoms with Gasteiger partial charge in [0, 0.05) is 22.5 Å². The van der Waals surface area contributed by atoms with E-state index in [9.17, 15) is 14.7 Å². The highest BCUT2D eigenvalue weighted by molar-refractivity contribution is 6.30. The molecule has 0 aliphatic rings. The first kappa shape index (κ1) is 15.3. The van der Waals surface area contributed by atoms with Crippen LogP contribution in [0.3, 0.4) is 0 Å². The van der Waals surface area contributed by atoms with Gasteiger partial charge in [-0.15, -0.1) is 0 Å². The Morgan fingerprint density at radius 1 is 1.19 bits per heavy atom. The highest BCUT2D eigenvalue weighted by Crippen LogP contribution is 2.19. The number of rotatable bonds is 4. The van der Waals surface area contributed by atoms with Gasteiger partial charge in [0.05, 0.1) is 5.56 Å². The van der Waals surface area contributed by atoms with Gasteiger partial charge in [-0.2, -0.15) is 0 Å². The first-order chi connectivity index (χ1) is 9.99. The van der Waals surface area contributed by atoms with Crippen molar-refractivity contribution >= 4 is 17.6 Å². The van der Waals surface area contributed by atoms with Gasteiger partial charge in [0.2, 0.25) is 0 Å². The maximum Gasteiger partial charge on any atom is 0.337 e. The van der Waals surface area contributed by atoms with Gasteiger partial charge in [-0.25, -0.2) is 4.79 Å². The van der Waals surface area contributed by atoms with E-state index >= 15 is 0 Å². The number of aromatic carboxylic acids is 1. The summed E-state index contributed by atoms with van der Waals surface area (Å²) in [6.45, 7) is 3.68. The predicted octanol–water partition coefficient (Wildman–Crippen LogP) is 3.31. The second-order valence-corrected chi connectivity index (χ2v) is 5.09. The topological polar surface area (TPSA) is 59.3 Å². The third kappa shape index (κ3) is 2.85. The maximum atomic E-state index is 12.4. The van der Waals surface area contributed by atoms with E-state index in [1.54, 1.807) is 24.3 Å². The standard InChI is InChI=1S/C16H16ClNO3/c1-3-10-9-14(19)18(12-7-5-11(17)6-8-12)13(4-2)15(10)16(20)21/h5-9H,3-4H2,1-2H3,(H,20,21). The molecule has 2 aromatic rings. The Morgan fingerprint density at radius 3 is 2.29 bits per heavy atom. The molecule has 110 valence electrons. The number of aryl methyl sites for hydroxylation is 1. The summed E-state index contributed by atoms with van der Waals surface area (Å²) >= 11 is 5.86. The first-order valence-corrected chi connectivity index (χ1v) is 7.14. The van der Waals surface area contributed by atoms with E-state index in [2.05, 4.69) is 0 Å². The first-order valence-electron chi connectivity index (χ1n) is 6.76. The van der Waals surface area contributed by atoms with E-state index in [0.717, 1.165) is 0 Å². The van der Waals surface area contributed by atoms with Crippen molar-refractivity contribution in [2.75, 3.05) is 0 Å². The van der Waals surface area contributed by atoms with E-state index in [4.69, 9.17) is 11.6 Å². The van der Waals surface area contributed by atoms with Crippen molar-refractivity contribution in [1.82, 2.24) is 4.57 Å². The zero-order valence-electron chi connectivity index (χ0n) is 11.9. The Labute approximate surface area is 127 Å². The van der Waals surface area contributed by atoms with Gasteiger partial charge < -0.3 is 5.11 Å². The van der Waals surface area contributed by atoms with E-state index < -0.39 is 5.97 Å². The molecule has 21 heavy (non-hydrogen) atoms. The van der Waals surface area contributed by atoms with Crippen molar-refractivity contribution < 1.29 is 9.90 Å². The number of benzene rings is 1. The second-order valence-electron chi connectivity index (χ2n) is 4.65. The fraction of sp³-hybridized carbons (Fsp3) is 0.250. The number of carboxylic acid groups (broad SMARTS) is 1. The van der Waals surface area contributed by atoms with Gasteiger partial charge in [0.25, 0.3) is 5.56 Å². The Hall–Kier alpha value is -2.07. The number of pyridine rings is 1. The molecule has 0 saturated carbocycles. The smallest absolute Gasteiger partial charge is 0.337 e. The summed E-state index contributed by atoms with van der Waals surface area (Å²) in [4.78, 5) is 23.9. The molecule has 0 saturated heterocycles. The van der Waals surface area contributed by atoms with Gasteiger partial charge >= 0.3 is 5.97 Å². The van der Waals surface area contributed by atoms with Crippen LogP contribution in [0, 0.1) is 0 Å². The predicted molar refractivity (Wildman–Crippen MR) is 82.8 cm³/mol. The summed E-state index contributed by atoms with van der Waals surface area (Å²) in [5, 5.41) is 10.0. The molecule has 2 rings (SSSR count). The second kappa shape index (κ2) is 6.14. The van der Waals surface area contributed by atoms with Crippen LogP contribution in [0.5, 0.6) is 0 Å². The SMILES string of the molecule is CCc1cc(=O)n(-c2ccc(Cl)cc2)c(CC)c1C(=O)O. The summed E-state index contributed by atoms with van der Waals surface area (Å²) in [7, 11) is 0. The molecule has 5 heteroatoms. The van der Waals surface area contributed by atoms with Crippen LogP contribution in [0.25, 0.3) is 5.69 Å². The van der Waals surface area contributed by atoms with Crippen LogP contribution in [-0.2, 0) is 12.8 Å². The largest absolute Gasteiger partial charge is 0.478 e. The maximum absolute atomic E-state index is 12.4. The highest BCUT2D eigenvalue weighted by atomic mass is 35.5. The van der Waals surface area contributed by atoms with E-state index in [1.165, 1.54) is 10.6 Å². The Morgan fingerprint density at radius 2 is 1.81 bits per heavy atom. The summed E-state index contributed by atoms with van der Waals surface area (Å²) in [5.74, 6) is -1.01. The molecule has 1 N–H and O–H groups in total. The third-order valence-electron chi connectivity index (χ3n) is 3.41. The molecule has 1 heterocycles. The average Bonchev–Trinajstić information content (AvgIpc) is 2.46. The molecule has 0 bridgehead atoms. The van der Waals surface area contributed by atoms with Crippen molar-refractivity contribution in [2.45, 2.75) is 26.7 Å². The Balaban J connectivity index is 2.82. The third-order valence-corrected chi connectivity index (χ3v) is 3.66. The Kier molecular flexibility index (Phi) is 4.48. The van der Waals surface area contributed by atoms with Crippen LogP contribution in [-0.4, -0.2) is 15.6 Å². The lowest BCUT2D eigenvalue weighted by atomic mass is 10.0. The van der Waals surface area contributed by atoms with Crippen molar-refractivity contribution in [2.24, 2.45) is 0 Å². The van der Waals surface area contributed by atoms with Gasteiger partial charge in [-0.1, -0.05) is 25.4 Å². The van der Waals surface area contributed by atoms with E-state index in [1.807, 2.05) is 13.8 Å². The monoisotopic (exact) mass is 305 g/mol. The number of halogens is 1. The molecule has 0 atom stereocenters. The van der Waals surface area contributed by atoms with E-state index in [0.29, 0.717) is 34.8 Å². The van der Waals surface area contributed by atoms with Crippen LogP contribution in [0.1, 0.15) is 35.5 Å². The lowest BCUT2D eigenvalue weighted by Gasteiger charge is -2.17. The van der Waals surface area contributed by atoms with Crippen LogP contribution in [0.2, 0.25) is 5.02 Å². The number of aromatic nitrogens is 1. The summed E-state index contributed by atoms with van der Waals surface area (Å²) in [6.07, 6.45) is 0.957. The minimum Gasteiger partial charge on any atom is -0.478 e. The fourth-order valence-electron chi connectivity index (χ4n) is 2.46. The zero-order valence-corrected chi connectivity index (χ0v) is 12.6. The van der Waals surface area contributed by atoms with Gasteiger partial charge in [-0.05, 0) is 42.7 Å². The van der Waals surface area contributed by atoms with Gasteiger partial charge in [0.15, 0.2) is 0 Å². The molecule has 4 nitrogen and oxygen atoms in total. The van der Waals surface area contributed by atoms with Crippen molar-refractivity contribution in [1.29, 1.82) is 0 Å². The van der Waals surface area contributed by atoms with Crippen molar-refractivity contribution in [3.63, 3.8) is 0 Å². The van der Waals surface area contributed by atoms with Crippen molar-refractivity contribution in [3.8, 4) is 5.69 Å². The molecule has 1 aromatic carbocycles. The number of hydrogen-bond donors (Lipinski definition) is 1. The van der Waals surface area contributed by atoms with Gasteiger partial charge in [-0.3, -0.25) is 9.36 Å². The van der Waals surface area contributed by atoms with E-state index in [-0.39, 0.29) is 11.1 Å². The molecule has 0 aliphatic carbocycles. The van der Waals surface area contributed by atoms with Crippen LogP contribution in [0.15, 0.2) is 35.1 Å². The zero-order chi connectivity index (χ0) is 15.6. The summed E-state index contributed by atoms with van der Waals surface area (Å²) in [5.41, 5.74) is 1.68. The lowest BCUT2D eigenvalue weighted by Crippen LogP contribution is -2.26. The highest BCUT2D eigenvalue weighted by Gasteiger charge is 2.19. The lowest BCUT2D eigenvalue weighted by molar-refractivity contribution is 0.0693. The molecule has 1 aromatic heterocycles. The number of carboxylic acids is 1. The molecule has 0 aliphatic heterocycles. The van der Waals surface area contributed by atoms with Gasteiger partial charge in [0.1, 0.15) is 0 Å². The average molecular weight is 306 g/mol. The number of nitrogens with zero attached hydrogens (tertiary/aromatic N) is 1. The summed E-state index contributed by atoms with van der Waals surface area (Å²) in [6, 6.07) is 8.17. The molecule has 0 fully saturated rings. The molecular formula is C16H16ClNO3. The number of carbonyl (C=O) groups is 1. The summed E-state index contributed by atoms with van der Waals surface area (Å²) < 4.78 is 1.44. The van der Waals surface area contributed by atoms with Crippen LogP contribution >= 0.6 is 11.6 Å². The van der Waals surface area contributed by atoms with Crippen LogP contribution in [0.4, 0.5) is 0 Å². The molecular weight excluding hydrogens is 290 g/mol. The van der Waals surface area contributed by atoms with Crippen molar-refractivity contribution in [3.05, 3.63) is 62.5 Å². The molecule has 0 amide bonds. The minimum absolute atomic E-state index is 0.217. The quantitative estimate of drug-likeness (QED) is 0.942. The Bertz CT molecular complexity index is 732. The normalized spacial score (nSPS) is 10.6. The molecule has 0 unspecified atom stereocenters. The van der Waals surface area contributed by atoms with Crippen LogP contribution < -0.4 is 5.56 Å². The fourth-order valence-corrected chi connectivity index (χ4v) is 2.59. The molecule has 0 spiro atoms. The molecule has 0 radical (unpaired) electrons. The number of hydrogen-bond acceptors (Lipinski definition) is 2. The minimum atomic E-state index is -1.01.